The number of fused-ring (bicyclic) bond motifs is 1. The van der Waals surface area contributed by atoms with Gasteiger partial charge in [0.15, 0.2) is 0 Å². The summed E-state index contributed by atoms with van der Waals surface area (Å²) in [6, 6.07) is 8.90. The van der Waals surface area contributed by atoms with Crippen molar-refractivity contribution in [1.82, 2.24) is 13.5 Å². The number of carbonyl (C=O) groups excluding carboxylic acids is 1. The van der Waals surface area contributed by atoms with Gasteiger partial charge in [-0.3, -0.25) is 14.9 Å². The molecule has 1 aromatic heterocycles. The van der Waals surface area contributed by atoms with E-state index in [1.807, 2.05) is 0 Å². The Hall–Kier alpha value is -2.96. The molecule has 0 saturated carbocycles. The summed E-state index contributed by atoms with van der Waals surface area (Å²) in [6.45, 7) is 1.75. The molecule has 0 fully saturated rings. The van der Waals surface area contributed by atoms with Crippen LogP contribution in [0.25, 0.3) is 11.0 Å². The zero-order valence-corrected chi connectivity index (χ0v) is 16.8. The Morgan fingerprint density at radius 3 is 2.76 bits per heavy atom. The Morgan fingerprint density at radius 2 is 2.03 bits per heavy atom. The van der Waals surface area contributed by atoms with E-state index in [4.69, 9.17) is 4.74 Å². The van der Waals surface area contributed by atoms with Crippen molar-refractivity contribution in [2.24, 2.45) is 0 Å². The van der Waals surface area contributed by atoms with Crippen LogP contribution in [0.4, 0.5) is 5.69 Å². The summed E-state index contributed by atoms with van der Waals surface area (Å²) < 4.78 is 41.5. The van der Waals surface area contributed by atoms with E-state index in [1.54, 1.807) is 13.0 Å². The van der Waals surface area contributed by atoms with E-state index in [2.05, 4.69) is 13.5 Å². The summed E-state index contributed by atoms with van der Waals surface area (Å²) in [5.41, 5.74) is 0.676. The van der Waals surface area contributed by atoms with E-state index in [0.717, 1.165) is 11.7 Å². The number of ether oxygens (including phenoxy) is 1. The Morgan fingerprint density at radius 1 is 1.28 bits per heavy atom. The van der Waals surface area contributed by atoms with E-state index < -0.39 is 27.0 Å². The predicted molar refractivity (Wildman–Crippen MR) is 105 cm³/mol. The van der Waals surface area contributed by atoms with Crippen LogP contribution in [-0.4, -0.2) is 34.7 Å². The number of rotatable bonds is 8. The topological polar surface area (TPSA) is 141 Å². The van der Waals surface area contributed by atoms with E-state index in [-0.39, 0.29) is 34.7 Å². The molecular weight excluding hydrogens is 420 g/mol. The fourth-order valence-electron chi connectivity index (χ4n) is 2.72. The smallest absolute Gasteiger partial charge is 0.307 e. The molecule has 0 saturated heterocycles. The molecule has 1 N–H and O–H groups in total. The van der Waals surface area contributed by atoms with Crippen molar-refractivity contribution in [3.05, 3.63) is 58.1 Å². The highest BCUT2D eigenvalue weighted by Crippen LogP contribution is 2.27. The summed E-state index contributed by atoms with van der Waals surface area (Å²) in [5.74, 6) is -0.639. The van der Waals surface area contributed by atoms with Crippen molar-refractivity contribution in [3.8, 4) is 0 Å². The lowest BCUT2D eigenvalue weighted by atomic mass is 10.0. The number of non-ortho nitro benzene ring substituents is 1. The third-order valence-corrected chi connectivity index (χ3v) is 6.04. The molecule has 0 aliphatic rings. The average Bonchev–Trinajstić information content (AvgIpc) is 3.16. The van der Waals surface area contributed by atoms with Gasteiger partial charge in [-0.1, -0.05) is 18.2 Å². The van der Waals surface area contributed by atoms with Crippen molar-refractivity contribution in [2.75, 3.05) is 6.61 Å². The van der Waals surface area contributed by atoms with Crippen molar-refractivity contribution < 1.29 is 22.9 Å². The molecule has 0 bridgehead atoms. The van der Waals surface area contributed by atoms with Crippen LogP contribution >= 0.6 is 11.7 Å². The number of nitro benzene ring substituents is 1. The third kappa shape index (κ3) is 4.72. The summed E-state index contributed by atoms with van der Waals surface area (Å²) in [5, 5.41) is 11.1. The molecule has 0 radical (unpaired) electrons. The zero-order chi connectivity index (χ0) is 21.0. The highest BCUT2D eigenvalue weighted by Gasteiger charge is 2.27. The van der Waals surface area contributed by atoms with Gasteiger partial charge in [-0.15, -0.1) is 0 Å². The van der Waals surface area contributed by atoms with E-state index >= 15 is 0 Å². The maximum atomic E-state index is 13.0. The number of hydrogen-bond acceptors (Lipinski definition) is 9. The molecule has 2 aromatic carbocycles. The lowest BCUT2D eigenvalue weighted by Gasteiger charge is -2.18. The predicted octanol–water partition coefficient (Wildman–Crippen LogP) is 2.57. The van der Waals surface area contributed by atoms with Gasteiger partial charge < -0.3 is 4.74 Å². The molecule has 3 aromatic rings. The van der Waals surface area contributed by atoms with Gasteiger partial charge in [0.2, 0.25) is 10.0 Å². The second-order valence-corrected chi connectivity index (χ2v) is 8.13. The number of nitrogens with one attached hydrogen (secondary N) is 1. The molecule has 152 valence electrons. The third-order valence-electron chi connectivity index (χ3n) is 4.00. The van der Waals surface area contributed by atoms with E-state index in [9.17, 15) is 23.3 Å². The quantitative estimate of drug-likeness (QED) is 0.323. The first kappa shape index (κ1) is 20.8. The summed E-state index contributed by atoms with van der Waals surface area (Å²) in [6.07, 6.45) is -0.334. The molecule has 0 aliphatic carbocycles. The van der Waals surface area contributed by atoms with Gasteiger partial charge in [-0.2, -0.15) is 8.75 Å². The van der Waals surface area contributed by atoms with Crippen LogP contribution in [0.1, 0.15) is 24.9 Å². The van der Waals surface area contributed by atoms with Gasteiger partial charge in [-0.05, 0) is 24.6 Å². The number of nitrogens with zero attached hydrogens (tertiary/aromatic N) is 3. The molecule has 10 nitrogen and oxygen atoms in total. The fourth-order valence-corrected chi connectivity index (χ4v) is 4.71. The lowest BCUT2D eigenvalue weighted by molar-refractivity contribution is -0.384. The molecule has 29 heavy (non-hydrogen) atoms. The molecule has 3 rings (SSSR count). The molecule has 0 spiro atoms. The van der Waals surface area contributed by atoms with Crippen LogP contribution in [0.5, 0.6) is 0 Å². The van der Waals surface area contributed by atoms with E-state index in [0.29, 0.717) is 5.52 Å². The van der Waals surface area contributed by atoms with Crippen molar-refractivity contribution in [3.63, 3.8) is 0 Å². The number of nitro groups is 1. The van der Waals surface area contributed by atoms with Crippen LogP contribution < -0.4 is 4.72 Å². The largest absolute Gasteiger partial charge is 0.466 e. The minimum Gasteiger partial charge on any atom is -0.466 e. The minimum atomic E-state index is -4.12. The van der Waals surface area contributed by atoms with Gasteiger partial charge in [0.1, 0.15) is 15.9 Å². The van der Waals surface area contributed by atoms with Crippen molar-refractivity contribution in [2.45, 2.75) is 24.3 Å². The highest BCUT2D eigenvalue weighted by molar-refractivity contribution is 7.89. The number of sulfonamides is 1. The Kier molecular flexibility index (Phi) is 6.15. The average molecular weight is 436 g/mol. The number of benzene rings is 2. The number of hydrogen-bond donors (Lipinski definition) is 1. The fraction of sp³-hybridized carbons (Fsp3) is 0.235. The molecule has 1 heterocycles. The summed E-state index contributed by atoms with van der Waals surface area (Å²) in [7, 11) is -4.12. The first-order chi connectivity index (χ1) is 13.8. The molecule has 0 aliphatic heterocycles. The van der Waals surface area contributed by atoms with Crippen LogP contribution in [0, 0.1) is 10.1 Å². The SMILES string of the molecule is CCOC(=O)CC(NS(=O)(=O)c1cccc2nsnc12)c1cccc([N+](=O)[O-])c1. The van der Waals surface area contributed by atoms with Gasteiger partial charge in [0, 0.05) is 12.1 Å². The molecule has 12 heteroatoms. The molecule has 0 amide bonds. The van der Waals surface area contributed by atoms with Crippen LogP contribution in [0.2, 0.25) is 0 Å². The number of esters is 1. The highest BCUT2D eigenvalue weighted by atomic mass is 32.2. The standard InChI is InChI=1S/C17H16N4O6S2/c1-2-27-16(22)10-14(11-5-3-6-12(9-11)21(23)24)20-29(25,26)15-8-4-7-13-17(15)19-28-18-13/h3-9,14,20H,2,10H2,1H3. The van der Waals surface area contributed by atoms with Crippen LogP contribution in [0.15, 0.2) is 47.4 Å². The Labute approximate surface area is 170 Å². The van der Waals surface area contributed by atoms with Gasteiger partial charge >= 0.3 is 5.97 Å². The summed E-state index contributed by atoms with van der Waals surface area (Å²) in [4.78, 5) is 22.4. The van der Waals surface area contributed by atoms with E-state index in [1.165, 1.54) is 36.4 Å². The van der Waals surface area contributed by atoms with Crippen molar-refractivity contribution >= 4 is 44.4 Å². The first-order valence-electron chi connectivity index (χ1n) is 8.45. The minimum absolute atomic E-state index is 0.0944. The maximum Gasteiger partial charge on any atom is 0.307 e. The second-order valence-electron chi connectivity index (χ2n) is 5.92. The Balaban J connectivity index is 2.00. The van der Waals surface area contributed by atoms with Gasteiger partial charge in [0.25, 0.3) is 5.69 Å². The lowest BCUT2D eigenvalue weighted by Crippen LogP contribution is -2.31. The molecular formula is C17H16N4O6S2. The number of carbonyl (C=O) groups is 1. The maximum absolute atomic E-state index is 13.0. The normalized spacial score (nSPS) is 12.6. The molecule has 1 unspecified atom stereocenters. The first-order valence-corrected chi connectivity index (χ1v) is 10.7. The number of aromatic nitrogens is 2. The van der Waals surface area contributed by atoms with Crippen LogP contribution in [0.3, 0.4) is 0 Å². The van der Waals surface area contributed by atoms with Gasteiger partial charge in [-0.25, -0.2) is 13.1 Å². The monoisotopic (exact) mass is 436 g/mol. The van der Waals surface area contributed by atoms with Crippen LogP contribution in [-0.2, 0) is 19.6 Å². The molecule has 1 atom stereocenters. The second kappa shape index (κ2) is 8.59. The summed E-state index contributed by atoms with van der Waals surface area (Å²) >= 11 is 0.880. The zero-order valence-electron chi connectivity index (χ0n) is 15.1. The Bertz CT molecular complexity index is 1160. The van der Waals surface area contributed by atoms with Crippen molar-refractivity contribution in [1.29, 1.82) is 0 Å². The van der Waals surface area contributed by atoms with Gasteiger partial charge in [0.05, 0.1) is 35.7 Å².